The zero-order chi connectivity index (χ0) is 23.2. The van der Waals surface area contributed by atoms with Crippen LogP contribution >= 0.6 is 0 Å². The highest BCUT2D eigenvalue weighted by Gasteiger charge is 2.92. The number of hydrogen-bond donors (Lipinski definition) is 2. The molecule has 2 bridgehead atoms. The predicted molar refractivity (Wildman–Crippen MR) is 114 cm³/mol. The van der Waals surface area contributed by atoms with Gasteiger partial charge in [-0.25, -0.2) is 0 Å². The number of amides is 1. The van der Waals surface area contributed by atoms with Crippen molar-refractivity contribution in [1.82, 2.24) is 4.90 Å². The molecule has 3 saturated heterocycles. The van der Waals surface area contributed by atoms with E-state index >= 15 is 0 Å². The van der Waals surface area contributed by atoms with Crippen LogP contribution in [-0.4, -0.2) is 63.7 Å². The molecule has 0 aromatic heterocycles. The van der Waals surface area contributed by atoms with E-state index in [1.165, 1.54) is 13.8 Å². The molecule has 9 atom stereocenters. The van der Waals surface area contributed by atoms with Crippen molar-refractivity contribution in [2.75, 3.05) is 13.7 Å². The Morgan fingerprint density at radius 3 is 2.59 bits per heavy atom. The first-order chi connectivity index (χ1) is 14.8. The van der Waals surface area contributed by atoms with E-state index in [-0.39, 0.29) is 53.3 Å². The summed E-state index contributed by atoms with van der Waals surface area (Å²) in [6, 6.07) is 0. The highest BCUT2D eigenvalue weighted by atomic mass is 16.8. The smallest absolute Gasteiger partial charge is 0.222 e. The minimum atomic E-state index is -1.63. The van der Waals surface area contributed by atoms with Gasteiger partial charge >= 0.3 is 0 Å². The normalized spacial score (nSPS) is 53.0. The van der Waals surface area contributed by atoms with Crippen LogP contribution in [0.25, 0.3) is 0 Å². The lowest BCUT2D eigenvalue weighted by atomic mass is 9.25. The Balaban J connectivity index is 1.64. The number of aliphatic hydroxyl groups is 2. The molecule has 7 rings (SSSR count). The van der Waals surface area contributed by atoms with Gasteiger partial charge in [0.1, 0.15) is 6.10 Å². The van der Waals surface area contributed by atoms with E-state index in [2.05, 4.69) is 20.4 Å². The standard InChI is InChI=1S/C25H35NO6/c1-12-13-7-8-14-23-11-31-25(32-22(4,5)30,24(14)17(13)16(12)19(24)28)20(29)18(23)21(2,3)10-9-15(27)26(23)6/h13-14,16-18,20,29-30H,1,7-11H2,2-6H3/t13-,14-,16?,17-,18+,20-,23-,24?,25+/m0/s1. The summed E-state index contributed by atoms with van der Waals surface area (Å²) in [4.78, 5) is 29.1. The first-order valence-electron chi connectivity index (χ1n) is 12.0. The fraction of sp³-hybridized carbons (Fsp3) is 0.840. The predicted octanol–water partition coefficient (Wildman–Crippen LogP) is 1.86. The van der Waals surface area contributed by atoms with Crippen LogP contribution in [0.15, 0.2) is 12.2 Å². The Morgan fingerprint density at radius 2 is 1.94 bits per heavy atom. The van der Waals surface area contributed by atoms with Crippen molar-refractivity contribution < 1.29 is 29.3 Å². The van der Waals surface area contributed by atoms with Gasteiger partial charge in [0.25, 0.3) is 0 Å². The Bertz CT molecular complexity index is 953. The van der Waals surface area contributed by atoms with Crippen LogP contribution in [-0.2, 0) is 19.1 Å². The molecule has 2 N–H and O–H groups in total. The van der Waals surface area contributed by atoms with E-state index < -0.39 is 28.6 Å². The number of rotatable bonds is 2. The number of carbonyl (C=O) groups is 2. The number of allylic oxidation sites excluding steroid dienone is 1. The lowest BCUT2D eigenvalue weighted by Gasteiger charge is -2.83. The molecule has 176 valence electrons. The Hall–Kier alpha value is -1.28. The summed E-state index contributed by atoms with van der Waals surface area (Å²) in [6.07, 6.45) is 1.55. The second-order valence-electron chi connectivity index (χ2n) is 12.4. The Morgan fingerprint density at radius 1 is 1.25 bits per heavy atom. The lowest BCUT2D eigenvalue weighted by Crippen LogP contribution is -2.94. The molecule has 7 heteroatoms. The van der Waals surface area contributed by atoms with Gasteiger partial charge in [-0.05, 0) is 50.4 Å². The molecule has 0 aromatic carbocycles. The number of fused-ring (bicyclic) bond motifs is 1. The van der Waals surface area contributed by atoms with Crippen LogP contribution in [0, 0.1) is 40.4 Å². The number of carbonyl (C=O) groups excluding carboxylic acids is 2. The maximum atomic E-state index is 14.0. The van der Waals surface area contributed by atoms with Gasteiger partial charge in [0.2, 0.25) is 11.7 Å². The molecule has 0 aromatic rings. The first-order valence-corrected chi connectivity index (χ1v) is 12.0. The van der Waals surface area contributed by atoms with Gasteiger partial charge in [0, 0.05) is 31.2 Å². The van der Waals surface area contributed by atoms with E-state index in [1.807, 2.05) is 11.9 Å². The van der Waals surface area contributed by atoms with Crippen molar-refractivity contribution in [3.8, 4) is 0 Å². The summed E-state index contributed by atoms with van der Waals surface area (Å²) < 4.78 is 12.8. The minimum absolute atomic E-state index is 0.0113. The van der Waals surface area contributed by atoms with Crippen LogP contribution in [0.2, 0.25) is 0 Å². The van der Waals surface area contributed by atoms with Crippen molar-refractivity contribution in [3.05, 3.63) is 12.2 Å². The van der Waals surface area contributed by atoms with Crippen molar-refractivity contribution in [2.45, 2.75) is 76.6 Å². The summed E-state index contributed by atoms with van der Waals surface area (Å²) >= 11 is 0. The van der Waals surface area contributed by atoms with Crippen LogP contribution in [0.4, 0.5) is 0 Å². The molecule has 7 fully saturated rings. The molecule has 0 radical (unpaired) electrons. The highest BCUT2D eigenvalue weighted by Crippen LogP contribution is 2.82. The number of Topliss-reactive ketones (excluding diaryl/α,β-unsaturated/α-hetero) is 1. The second-order valence-corrected chi connectivity index (χ2v) is 12.4. The first kappa shape index (κ1) is 21.3. The monoisotopic (exact) mass is 445 g/mol. The van der Waals surface area contributed by atoms with E-state index in [9.17, 15) is 19.8 Å². The molecular formula is C25H35NO6. The lowest BCUT2D eigenvalue weighted by molar-refractivity contribution is -0.493. The number of ketones is 1. The summed E-state index contributed by atoms with van der Waals surface area (Å²) in [5, 5.41) is 22.9. The third kappa shape index (κ3) is 1.90. The molecule has 4 aliphatic carbocycles. The fourth-order valence-corrected chi connectivity index (χ4v) is 9.42. The van der Waals surface area contributed by atoms with E-state index in [4.69, 9.17) is 9.47 Å². The average Bonchev–Trinajstić information content (AvgIpc) is 2.76. The molecule has 7 aliphatic rings. The average molecular weight is 446 g/mol. The molecular weight excluding hydrogens is 410 g/mol. The molecule has 32 heavy (non-hydrogen) atoms. The summed E-state index contributed by atoms with van der Waals surface area (Å²) in [6.45, 7) is 11.6. The third-order valence-electron chi connectivity index (χ3n) is 10.4. The molecule has 1 amide bonds. The molecule has 3 heterocycles. The molecule has 2 unspecified atom stereocenters. The van der Waals surface area contributed by atoms with Gasteiger partial charge in [0.05, 0.1) is 17.6 Å². The summed E-state index contributed by atoms with van der Waals surface area (Å²) in [7, 11) is 1.82. The SMILES string of the molecule is C=C1C2C(=O)C34[C@H]2[C@H]1CC[C@H]3[C@@]12CO[C@@]4(OC(C)(C)O)[C@@H](O)[C@@H]1C(C)(C)CCC(=O)N2C. The number of ether oxygens (including phenoxy) is 2. The summed E-state index contributed by atoms with van der Waals surface area (Å²) in [5.41, 5.74) is -1.27. The Kier molecular flexibility index (Phi) is 3.77. The van der Waals surface area contributed by atoms with Crippen LogP contribution in [0.5, 0.6) is 0 Å². The minimum Gasteiger partial charge on any atom is -0.387 e. The maximum Gasteiger partial charge on any atom is 0.222 e. The van der Waals surface area contributed by atoms with Gasteiger partial charge < -0.3 is 24.6 Å². The number of aliphatic hydroxyl groups excluding tert-OH is 1. The molecule has 4 saturated carbocycles. The van der Waals surface area contributed by atoms with Crippen molar-refractivity contribution in [1.29, 1.82) is 0 Å². The Labute approximate surface area is 189 Å². The van der Waals surface area contributed by atoms with Gasteiger partial charge in [-0.1, -0.05) is 26.0 Å². The topological polar surface area (TPSA) is 96.3 Å². The second kappa shape index (κ2) is 5.68. The van der Waals surface area contributed by atoms with Crippen molar-refractivity contribution in [2.24, 2.45) is 40.4 Å². The highest BCUT2D eigenvalue weighted by molar-refractivity contribution is 6.01. The molecule has 2 spiro atoms. The van der Waals surface area contributed by atoms with E-state index in [0.717, 1.165) is 18.4 Å². The number of hydrogen-bond acceptors (Lipinski definition) is 6. The van der Waals surface area contributed by atoms with Crippen LogP contribution in [0.3, 0.4) is 0 Å². The third-order valence-corrected chi connectivity index (χ3v) is 10.4. The van der Waals surface area contributed by atoms with E-state index in [1.54, 1.807) is 0 Å². The quantitative estimate of drug-likeness (QED) is 0.498. The van der Waals surface area contributed by atoms with Crippen molar-refractivity contribution in [3.63, 3.8) is 0 Å². The number of likely N-dealkylation sites (N-methyl/N-ethyl adjacent to an activating group) is 1. The van der Waals surface area contributed by atoms with Gasteiger partial charge in [-0.15, -0.1) is 0 Å². The number of nitrogens with zero attached hydrogens (tertiary/aromatic N) is 1. The van der Waals surface area contributed by atoms with Gasteiger partial charge in [-0.2, -0.15) is 0 Å². The largest absolute Gasteiger partial charge is 0.387 e. The van der Waals surface area contributed by atoms with Crippen LogP contribution in [0.1, 0.15) is 53.4 Å². The van der Waals surface area contributed by atoms with Gasteiger partial charge in [0.15, 0.2) is 11.6 Å². The van der Waals surface area contributed by atoms with Crippen molar-refractivity contribution >= 4 is 11.7 Å². The summed E-state index contributed by atoms with van der Waals surface area (Å²) in [5.74, 6) is -3.78. The number of likely N-dealkylation sites (tertiary alicyclic amines) is 1. The zero-order valence-corrected chi connectivity index (χ0v) is 19.7. The zero-order valence-electron chi connectivity index (χ0n) is 19.7. The maximum absolute atomic E-state index is 14.0. The van der Waals surface area contributed by atoms with Gasteiger partial charge in [-0.3, -0.25) is 9.59 Å². The van der Waals surface area contributed by atoms with Crippen LogP contribution < -0.4 is 0 Å². The molecule has 7 nitrogen and oxygen atoms in total. The fourth-order valence-electron chi connectivity index (χ4n) is 9.42. The van der Waals surface area contributed by atoms with E-state index in [0.29, 0.717) is 12.8 Å². The molecule has 3 aliphatic heterocycles.